The van der Waals surface area contributed by atoms with Crippen molar-refractivity contribution in [3.63, 3.8) is 0 Å². The van der Waals surface area contributed by atoms with Gasteiger partial charge in [-0.3, -0.25) is 0 Å². The van der Waals surface area contributed by atoms with Crippen molar-refractivity contribution in [1.82, 2.24) is 0 Å². The molecule has 0 bridgehead atoms. The lowest BCUT2D eigenvalue weighted by Crippen LogP contribution is -2.15. The lowest BCUT2D eigenvalue weighted by molar-refractivity contribution is 0.657. The van der Waals surface area contributed by atoms with Crippen LogP contribution in [0.25, 0.3) is 88.0 Å². The number of fused-ring (bicyclic) bond motifs is 9. The third kappa shape index (κ3) is 3.79. The fourth-order valence-electron chi connectivity index (χ4n) is 8.49. The molecule has 0 saturated heterocycles. The summed E-state index contributed by atoms with van der Waals surface area (Å²) in [6.45, 7) is 4.72. The minimum atomic E-state index is -0.162. The zero-order chi connectivity index (χ0) is 32.0. The van der Waals surface area contributed by atoms with Crippen molar-refractivity contribution in [2.45, 2.75) is 19.3 Å². The average Bonchev–Trinajstić information content (AvgIpc) is 3.62. The smallest absolute Gasteiger partial charge is 0.135 e. The number of hydrogen-bond acceptors (Lipinski definition) is 1. The number of furan rings is 1. The summed E-state index contributed by atoms with van der Waals surface area (Å²) in [5.41, 5.74) is 14.6. The molecule has 0 aliphatic heterocycles. The second kappa shape index (κ2) is 10.0. The van der Waals surface area contributed by atoms with E-state index in [1.165, 1.54) is 88.0 Å². The molecule has 0 amide bonds. The predicted octanol–water partition coefficient (Wildman–Crippen LogP) is 13.2. The van der Waals surface area contributed by atoms with E-state index in [0.29, 0.717) is 0 Å². The largest absolute Gasteiger partial charge is 0.456 e. The molecule has 0 spiro atoms. The van der Waals surface area contributed by atoms with E-state index in [1.54, 1.807) is 0 Å². The third-order valence-electron chi connectivity index (χ3n) is 10.7. The van der Waals surface area contributed by atoms with Crippen LogP contribution in [0, 0.1) is 0 Å². The number of benzene rings is 8. The zero-order valence-corrected chi connectivity index (χ0v) is 26.9. The Morgan fingerprint density at radius 2 is 0.896 bits per heavy atom. The van der Waals surface area contributed by atoms with E-state index < -0.39 is 0 Å². The Kier molecular flexibility index (Phi) is 5.69. The molecule has 1 heteroatoms. The van der Waals surface area contributed by atoms with E-state index in [2.05, 4.69) is 166 Å². The highest BCUT2D eigenvalue weighted by Crippen LogP contribution is 2.54. The van der Waals surface area contributed by atoms with Gasteiger partial charge in [-0.05, 0) is 95.4 Å². The normalized spacial score (nSPS) is 13.4. The van der Waals surface area contributed by atoms with Crippen LogP contribution in [0.2, 0.25) is 0 Å². The van der Waals surface area contributed by atoms with Crippen LogP contribution >= 0.6 is 0 Å². The summed E-state index contributed by atoms with van der Waals surface area (Å²) in [5.74, 6) is 0. The molecule has 0 fully saturated rings. The summed E-state index contributed by atoms with van der Waals surface area (Å²) in [4.78, 5) is 0. The van der Waals surface area contributed by atoms with Crippen molar-refractivity contribution in [3.05, 3.63) is 169 Å². The molecule has 9 aromatic rings. The van der Waals surface area contributed by atoms with E-state index in [1.807, 2.05) is 6.07 Å². The lowest BCUT2D eigenvalue weighted by Gasteiger charge is -2.23. The maximum absolute atomic E-state index is 6.29. The third-order valence-corrected chi connectivity index (χ3v) is 10.7. The first-order valence-corrected chi connectivity index (χ1v) is 16.8. The molecule has 8 aromatic carbocycles. The monoisotopic (exact) mass is 612 g/mol. The molecule has 0 unspecified atom stereocenters. The summed E-state index contributed by atoms with van der Waals surface area (Å²) in [6.07, 6.45) is 0. The molecular weight excluding hydrogens is 581 g/mol. The second-order valence-corrected chi connectivity index (χ2v) is 13.6. The van der Waals surface area contributed by atoms with Gasteiger partial charge in [0, 0.05) is 16.2 Å². The van der Waals surface area contributed by atoms with Crippen LogP contribution in [0.15, 0.2) is 162 Å². The maximum atomic E-state index is 6.29. The zero-order valence-electron chi connectivity index (χ0n) is 26.9. The molecule has 10 rings (SSSR count). The fraction of sp³-hybridized carbons (Fsp3) is 0.0638. The Morgan fingerprint density at radius 1 is 0.396 bits per heavy atom. The van der Waals surface area contributed by atoms with Crippen LogP contribution in [0.5, 0.6) is 0 Å². The average molecular weight is 613 g/mol. The summed E-state index contributed by atoms with van der Waals surface area (Å²) in [6, 6.07) is 57.6. The first-order chi connectivity index (χ1) is 23.6. The summed E-state index contributed by atoms with van der Waals surface area (Å²) in [7, 11) is 0. The number of rotatable bonds is 3. The SMILES string of the molecule is CC1(C)c2cc(-c3ccc(-c4c5ccccc5c(-c5ccccc5)c5ccccc45)cc3)ccc2-c2ccc3oc4ccccc4c3c21. The minimum Gasteiger partial charge on any atom is -0.456 e. The van der Waals surface area contributed by atoms with E-state index in [0.717, 1.165) is 11.2 Å². The van der Waals surface area contributed by atoms with Gasteiger partial charge in [0.05, 0.1) is 0 Å². The van der Waals surface area contributed by atoms with Gasteiger partial charge in [-0.15, -0.1) is 0 Å². The molecule has 1 nitrogen and oxygen atoms in total. The van der Waals surface area contributed by atoms with Gasteiger partial charge in [-0.25, -0.2) is 0 Å². The predicted molar refractivity (Wildman–Crippen MR) is 203 cm³/mol. The van der Waals surface area contributed by atoms with Crippen LogP contribution in [-0.4, -0.2) is 0 Å². The molecular formula is C47H32O. The Morgan fingerprint density at radius 3 is 1.54 bits per heavy atom. The van der Waals surface area contributed by atoms with Crippen molar-refractivity contribution in [2.24, 2.45) is 0 Å². The van der Waals surface area contributed by atoms with Gasteiger partial charge < -0.3 is 4.42 Å². The fourth-order valence-corrected chi connectivity index (χ4v) is 8.49. The lowest BCUT2D eigenvalue weighted by atomic mass is 9.79. The summed E-state index contributed by atoms with van der Waals surface area (Å²) >= 11 is 0. The maximum Gasteiger partial charge on any atom is 0.135 e. The van der Waals surface area contributed by atoms with Crippen molar-refractivity contribution in [1.29, 1.82) is 0 Å². The molecule has 226 valence electrons. The Balaban J connectivity index is 1.10. The van der Waals surface area contributed by atoms with Gasteiger partial charge in [0.15, 0.2) is 0 Å². The second-order valence-electron chi connectivity index (χ2n) is 13.6. The van der Waals surface area contributed by atoms with E-state index in [9.17, 15) is 0 Å². The van der Waals surface area contributed by atoms with Gasteiger partial charge >= 0.3 is 0 Å². The van der Waals surface area contributed by atoms with Crippen LogP contribution < -0.4 is 0 Å². The molecule has 1 aliphatic rings. The Labute approximate surface area is 279 Å². The van der Waals surface area contributed by atoms with Crippen LogP contribution in [0.1, 0.15) is 25.0 Å². The first kappa shape index (κ1) is 27.2. The molecule has 1 aliphatic carbocycles. The Hall–Kier alpha value is -5.92. The van der Waals surface area contributed by atoms with E-state index in [-0.39, 0.29) is 5.41 Å². The first-order valence-electron chi connectivity index (χ1n) is 16.8. The number of para-hydroxylation sites is 1. The molecule has 0 radical (unpaired) electrons. The molecule has 0 saturated carbocycles. The van der Waals surface area contributed by atoms with Crippen LogP contribution in [-0.2, 0) is 5.41 Å². The minimum absolute atomic E-state index is 0.162. The summed E-state index contributed by atoms with van der Waals surface area (Å²) < 4.78 is 6.29. The topological polar surface area (TPSA) is 13.1 Å². The summed E-state index contributed by atoms with van der Waals surface area (Å²) in [5, 5.41) is 7.55. The molecule has 48 heavy (non-hydrogen) atoms. The number of hydrogen-bond donors (Lipinski definition) is 0. The standard InChI is InChI=1S/C47H32O/c1-47(2)40-28-32(24-25-33(40)38-26-27-42-45(46(38)47)39-18-10-11-19-41(39)48-42)29-20-22-31(23-21-29)44-36-16-8-6-14-34(36)43(30-12-4-3-5-13-30)35-15-7-9-17-37(35)44/h3-28H,1-2H3. The van der Waals surface area contributed by atoms with Crippen molar-refractivity contribution in [2.75, 3.05) is 0 Å². The molecule has 1 heterocycles. The highest BCUT2D eigenvalue weighted by Gasteiger charge is 2.38. The van der Waals surface area contributed by atoms with Crippen molar-refractivity contribution < 1.29 is 4.42 Å². The van der Waals surface area contributed by atoms with Gasteiger partial charge in [0.25, 0.3) is 0 Å². The van der Waals surface area contributed by atoms with Gasteiger partial charge in [0.2, 0.25) is 0 Å². The van der Waals surface area contributed by atoms with Crippen LogP contribution in [0.3, 0.4) is 0 Å². The van der Waals surface area contributed by atoms with Gasteiger partial charge in [-0.1, -0.05) is 153 Å². The molecule has 0 atom stereocenters. The molecule has 0 N–H and O–H groups in total. The highest BCUT2D eigenvalue weighted by atomic mass is 16.3. The van der Waals surface area contributed by atoms with E-state index >= 15 is 0 Å². The highest BCUT2D eigenvalue weighted by molar-refractivity contribution is 6.21. The Bertz CT molecular complexity index is 2670. The van der Waals surface area contributed by atoms with Crippen LogP contribution in [0.4, 0.5) is 0 Å². The van der Waals surface area contributed by atoms with Gasteiger partial charge in [-0.2, -0.15) is 0 Å². The van der Waals surface area contributed by atoms with Gasteiger partial charge in [0.1, 0.15) is 11.2 Å². The van der Waals surface area contributed by atoms with Crippen molar-refractivity contribution >= 4 is 43.5 Å². The van der Waals surface area contributed by atoms with E-state index in [4.69, 9.17) is 4.42 Å². The quantitative estimate of drug-likeness (QED) is 0.181. The molecule has 1 aromatic heterocycles. The van der Waals surface area contributed by atoms with Crippen molar-refractivity contribution in [3.8, 4) is 44.5 Å².